The summed E-state index contributed by atoms with van der Waals surface area (Å²) in [5.74, 6) is -0.414. The molecule has 3 aromatic carbocycles. The van der Waals surface area contributed by atoms with Gasteiger partial charge >= 0.3 is 36.3 Å². The van der Waals surface area contributed by atoms with Gasteiger partial charge in [0, 0.05) is 12.1 Å². The van der Waals surface area contributed by atoms with Crippen molar-refractivity contribution in [2.45, 2.75) is 118 Å². The van der Waals surface area contributed by atoms with Gasteiger partial charge in [-0.05, 0) is 136 Å². The third-order valence-corrected chi connectivity index (χ3v) is 8.36. The Labute approximate surface area is 408 Å². The molecule has 0 saturated heterocycles. The highest BCUT2D eigenvalue weighted by Gasteiger charge is 2.29. The van der Waals surface area contributed by atoms with Crippen molar-refractivity contribution in [3.63, 3.8) is 0 Å². The minimum atomic E-state index is -1.09. The largest absolute Gasteiger partial charge is 0.519 e. The van der Waals surface area contributed by atoms with Crippen LogP contribution in [0.5, 0.6) is 17.2 Å². The van der Waals surface area contributed by atoms with Crippen molar-refractivity contribution in [1.29, 1.82) is 0 Å². The zero-order chi connectivity index (χ0) is 53.0. The fraction of sp³-hybridized carbons (Fsp3) is 0.500. The summed E-state index contributed by atoms with van der Waals surface area (Å²) in [6.45, 7) is 20.4. The van der Waals surface area contributed by atoms with Gasteiger partial charge in [-0.2, -0.15) is 0 Å². The van der Waals surface area contributed by atoms with E-state index in [1.807, 2.05) is 62.4 Å². The number of nitrogens with two attached hydrogens (primary N) is 1. The molecule has 3 aromatic rings. The number of methoxy groups -OCH3 is 3. The number of carbonyl (C=O) groups excluding carboxylic acids is 3. The number of hydrogen-bond acceptors (Lipinski definition) is 15. The van der Waals surface area contributed by atoms with E-state index < -0.39 is 65.7 Å². The average Bonchev–Trinajstić information content (AvgIpc) is 3.23. The van der Waals surface area contributed by atoms with E-state index in [0.29, 0.717) is 5.75 Å². The molecule has 0 saturated carbocycles. The molecule has 3 rings (SSSR count). The van der Waals surface area contributed by atoms with Crippen molar-refractivity contribution in [2.75, 3.05) is 39.7 Å². The van der Waals surface area contributed by atoms with Crippen LogP contribution in [0.1, 0.15) is 118 Å². The fourth-order valence-corrected chi connectivity index (χ4v) is 4.66. The summed E-state index contributed by atoms with van der Waals surface area (Å²) in [6.07, 6.45) is -2.77. The number of aliphatic carboxylic acids is 3. The standard InChI is InChI=1S/C16H23NO5.C11H15NO3.C10H18O5.C9H13NO.C2H3BrO2/c1-11(12-6-8-13(21-5)9-7-12)17(10-14(18)19)15(20)22-16(2,3)4;1-8(12-7-11(13)14)9-3-5-10(15-2)6-4-9;1-9(2,3)14-7(11)13-8(12)15-10(4,5)6;1-7(10)8-3-5-9(11-2)6-4-8;3-1-2(4)5/h6-9,11H,10H2,1-5H3,(H,18,19);3-6,8,12H,7H2,1-2H3,(H,13,14);1-6H3;3-7H,10H2,1-2H3;1H2,(H,4,5)/t11-;8-;;7-;/m11.1./s1. The molecule has 0 bridgehead atoms. The van der Waals surface area contributed by atoms with E-state index in [9.17, 15) is 28.8 Å². The molecule has 0 radical (unpaired) electrons. The van der Waals surface area contributed by atoms with Crippen LogP contribution >= 0.6 is 15.9 Å². The molecule has 1 amide bonds. The molecular weight excluding hydrogens is 954 g/mol. The monoisotopic (exact) mass is 1030 g/mol. The van der Waals surface area contributed by atoms with E-state index in [2.05, 4.69) is 26.0 Å². The number of carboxylic acids is 3. The molecule has 0 aliphatic heterocycles. The molecule has 382 valence electrons. The minimum absolute atomic E-state index is 0.0204. The van der Waals surface area contributed by atoms with Crippen LogP contribution in [-0.4, -0.2) is 113 Å². The third kappa shape index (κ3) is 32.5. The SMILES string of the molecule is CC(C)(C)OC(=O)OC(=O)OC(C)(C)C.COc1ccc([C@@H](C)N(CC(=O)O)C(=O)OC(C)(C)C)cc1.COc1ccc([C@@H](C)N)cc1.COc1ccc([C@@H](C)NCC(=O)O)cc1.O=C(O)CBr. The summed E-state index contributed by atoms with van der Waals surface area (Å²) in [5.41, 5.74) is 6.55. The highest BCUT2D eigenvalue weighted by atomic mass is 79.9. The highest BCUT2D eigenvalue weighted by Crippen LogP contribution is 2.25. The number of halogens is 1. The molecule has 0 aliphatic rings. The van der Waals surface area contributed by atoms with E-state index in [1.165, 1.54) is 4.90 Å². The zero-order valence-corrected chi connectivity index (χ0v) is 43.4. The molecule has 0 aliphatic carbocycles. The van der Waals surface area contributed by atoms with Gasteiger partial charge in [-0.25, -0.2) is 14.4 Å². The first-order chi connectivity index (χ1) is 31.3. The Morgan fingerprint density at radius 2 is 0.912 bits per heavy atom. The van der Waals surface area contributed by atoms with E-state index in [-0.39, 0.29) is 24.0 Å². The minimum Gasteiger partial charge on any atom is -0.497 e. The number of hydrogen-bond donors (Lipinski definition) is 5. The van der Waals surface area contributed by atoms with Gasteiger partial charge in [0.15, 0.2) is 0 Å². The number of alkyl halides is 1. The molecule has 0 spiro atoms. The van der Waals surface area contributed by atoms with Gasteiger partial charge < -0.3 is 59.5 Å². The quantitative estimate of drug-likeness (QED) is 0.0461. The van der Waals surface area contributed by atoms with Crippen LogP contribution in [0.25, 0.3) is 0 Å². The molecule has 0 heterocycles. The summed E-state index contributed by atoms with van der Waals surface area (Å²) < 4.78 is 34.2. The lowest BCUT2D eigenvalue weighted by Crippen LogP contribution is -2.41. The topological polar surface area (TPSA) is 269 Å². The number of rotatable bonds is 13. The molecule has 0 fully saturated rings. The van der Waals surface area contributed by atoms with Crippen LogP contribution in [0.2, 0.25) is 0 Å². The maximum absolute atomic E-state index is 12.2. The Balaban J connectivity index is 0. The molecule has 68 heavy (non-hydrogen) atoms. The average molecular weight is 1030 g/mol. The van der Waals surface area contributed by atoms with Gasteiger partial charge in [0.2, 0.25) is 0 Å². The molecule has 6 N–H and O–H groups in total. The second-order valence-corrected chi connectivity index (χ2v) is 17.9. The lowest BCUT2D eigenvalue weighted by atomic mass is 10.1. The van der Waals surface area contributed by atoms with Gasteiger partial charge in [-0.15, -0.1) is 0 Å². The van der Waals surface area contributed by atoms with Crippen molar-refractivity contribution < 1.29 is 77.2 Å². The smallest absolute Gasteiger partial charge is 0.497 e. The second-order valence-electron chi connectivity index (χ2n) is 17.3. The van der Waals surface area contributed by atoms with Crippen LogP contribution < -0.4 is 25.3 Å². The summed E-state index contributed by atoms with van der Waals surface area (Å²) >= 11 is 2.71. The number of benzene rings is 3. The molecular formula is C48H72BrN3O16. The highest BCUT2D eigenvalue weighted by molar-refractivity contribution is 9.09. The van der Waals surface area contributed by atoms with Crippen molar-refractivity contribution in [1.82, 2.24) is 10.2 Å². The Hall–Kier alpha value is -6.12. The summed E-state index contributed by atoms with van der Waals surface area (Å²) in [4.78, 5) is 66.2. The van der Waals surface area contributed by atoms with Gasteiger partial charge in [0.1, 0.15) is 45.9 Å². The summed E-state index contributed by atoms with van der Waals surface area (Å²) in [5, 5.41) is 28.2. The first kappa shape index (κ1) is 64.0. The normalized spacial score (nSPS) is 11.9. The lowest BCUT2D eigenvalue weighted by Gasteiger charge is -2.30. The first-order valence-corrected chi connectivity index (χ1v) is 22.2. The lowest BCUT2D eigenvalue weighted by molar-refractivity contribution is -0.139. The van der Waals surface area contributed by atoms with E-state index >= 15 is 0 Å². The zero-order valence-electron chi connectivity index (χ0n) is 41.8. The fourth-order valence-electron chi connectivity index (χ4n) is 4.66. The number of ether oxygens (including phenoxy) is 7. The van der Waals surface area contributed by atoms with Gasteiger partial charge in [0.25, 0.3) is 0 Å². The number of carbonyl (C=O) groups is 6. The molecule has 0 unspecified atom stereocenters. The number of nitrogens with zero attached hydrogens (tertiary/aromatic N) is 1. The maximum Gasteiger partial charge on any atom is 0.519 e. The van der Waals surface area contributed by atoms with Crippen LogP contribution in [0.4, 0.5) is 14.4 Å². The Morgan fingerprint density at radius 1 is 0.574 bits per heavy atom. The number of carboxylic acid groups (broad SMARTS) is 3. The predicted octanol–water partition coefficient (Wildman–Crippen LogP) is 9.56. The Morgan fingerprint density at radius 3 is 1.19 bits per heavy atom. The van der Waals surface area contributed by atoms with Gasteiger partial charge in [0.05, 0.1) is 33.9 Å². The van der Waals surface area contributed by atoms with Gasteiger partial charge in [-0.1, -0.05) is 52.3 Å². The van der Waals surface area contributed by atoms with Crippen molar-refractivity contribution in [3.05, 3.63) is 89.5 Å². The van der Waals surface area contributed by atoms with Crippen LogP contribution in [0.3, 0.4) is 0 Å². The van der Waals surface area contributed by atoms with Crippen LogP contribution in [0, 0.1) is 0 Å². The Kier molecular flexibility index (Phi) is 29.9. The van der Waals surface area contributed by atoms with Crippen molar-refractivity contribution in [2.24, 2.45) is 5.73 Å². The number of amides is 1. The molecule has 20 heteroatoms. The second kappa shape index (κ2) is 31.8. The number of nitrogens with one attached hydrogen (secondary N) is 1. The summed E-state index contributed by atoms with van der Waals surface area (Å²) in [6, 6.07) is 22.1. The third-order valence-electron chi connectivity index (χ3n) is 7.88. The Bertz CT molecular complexity index is 1930. The maximum atomic E-state index is 12.2. The summed E-state index contributed by atoms with van der Waals surface area (Å²) in [7, 11) is 4.83. The predicted molar refractivity (Wildman–Crippen MR) is 260 cm³/mol. The van der Waals surface area contributed by atoms with E-state index in [4.69, 9.17) is 49.5 Å². The molecule has 3 atom stereocenters. The molecule has 0 aromatic heterocycles. The van der Waals surface area contributed by atoms with Gasteiger partial charge in [-0.3, -0.25) is 19.3 Å². The molecule has 19 nitrogen and oxygen atoms in total. The van der Waals surface area contributed by atoms with Crippen molar-refractivity contribution in [3.8, 4) is 17.2 Å². The first-order valence-electron chi connectivity index (χ1n) is 21.0. The van der Waals surface area contributed by atoms with E-state index in [1.54, 1.807) is 115 Å². The van der Waals surface area contributed by atoms with Crippen molar-refractivity contribution >= 4 is 52.2 Å². The van der Waals surface area contributed by atoms with Crippen LogP contribution in [0.15, 0.2) is 72.8 Å². The van der Waals surface area contributed by atoms with E-state index in [0.717, 1.165) is 28.2 Å². The van der Waals surface area contributed by atoms with Crippen LogP contribution in [-0.2, 0) is 33.3 Å².